The first-order valence-corrected chi connectivity index (χ1v) is 6.79. The van der Waals surface area contributed by atoms with E-state index in [1.54, 1.807) is 11.3 Å². The predicted molar refractivity (Wildman–Crippen MR) is 64.0 cm³/mol. The van der Waals surface area contributed by atoms with Crippen LogP contribution in [0.25, 0.3) is 0 Å². The average Bonchev–Trinajstić information content (AvgIpc) is 2.28. The van der Waals surface area contributed by atoms with Crippen LogP contribution in [0.4, 0.5) is 0 Å². The van der Waals surface area contributed by atoms with E-state index in [-0.39, 0.29) is 6.04 Å². The second-order valence-electron chi connectivity index (χ2n) is 3.49. The van der Waals surface area contributed by atoms with Crippen LogP contribution < -0.4 is 5.73 Å². The standard InChI is InChI=1S/C9H11Br2NS/c10-6-4-7(13-9(6)11)8(12)5-2-1-3-5/h4-5,8H,1-3,12H2. The van der Waals surface area contributed by atoms with E-state index in [4.69, 9.17) is 5.73 Å². The van der Waals surface area contributed by atoms with Crippen molar-refractivity contribution in [3.05, 3.63) is 19.2 Å². The molecular formula is C9H11Br2NS. The van der Waals surface area contributed by atoms with Crippen LogP contribution in [-0.4, -0.2) is 0 Å². The first kappa shape index (κ1) is 10.1. The Morgan fingerprint density at radius 2 is 2.15 bits per heavy atom. The highest BCUT2D eigenvalue weighted by Gasteiger charge is 2.26. The molecule has 0 saturated heterocycles. The molecule has 13 heavy (non-hydrogen) atoms. The second kappa shape index (κ2) is 4.01. The van der Waals surface area contributed by atoms with Gasteiger partial charge >= 0.3 is 0 Å². The third-order valence-corrected chi connectivity index (χ3v) is 6.01. The molecule has 1 aromatic heterocycles. The van der Waals surface area contributed by atoms with Crippen molar-refractivity contribution >= 4 is 43.2 Å². The van der Waals surface area contributed by atoms with Gasteiger partial charge in [-0.2, -0.15) is 0 Å². The van der Waals surface area contributed by atoms with E-state index in [2.05, 4.69) is 37.9 Å². The van der Waals surface area contributed by atoms with Crippen LogP contribution in [-0.2, 0) is 0 Å². The molecule has 1 heterocycles. The number of rotatable bonds is 2. The van der Waals surface area contributed by atoms with Gasteiger partial charge in [-0.25, -0.2) is 0 Å². The lowest BCUT2D eigenvalue weighted by Gasteiger charge is -2.30. The molecule has 0 bridgehead atoms. The Hall–Kier alpha value is 0.620. The monoisotopic (exact) mass is 323 g/mol. The fourth-order valence-electron chi connectivity index (χ4n) is 1.56. The molecule has 1 fully saturated rings. The van der Waals surface area contributed by atoms with Gasteiger partial charge in [-0.05, 0) is 56.7 Å². The maximum Gasteiger partial charge on any atom is 0.0843 e. The highest BCUT2D eigenvalue weighted by atomic mass is 79.9. The van der Waals surface area contributed by atoms with Gasteiger partial charge in [0.1, 0.15) is 0 Å². The van der Waals surface area contributed by atoms with Crippen LogP contribution >= 0.6 is 43.2 Å². The molecule has 0 amide bonds. The van der Waals surface area contributed by atoms with Crippen molar-refractivity contribution in [3.63, 3.8) is 0 Å². The summed E-state index contributed by atoms with van der Waals surface area (Å²) in [6.45, 7) is 0. The van der Waals surface area contributed by atoms with Gasteiger partial charge in [0.15, 0.2) is 0 Å². The quantitative estimate of drug-likeness (QED) is 0.871. The Bertz CT molecular complexity index is 287. The van der Waals surface area contributed by atoms with Crippen LogP contribution in [0.5, 0.6) is 0 Å². The van der Waals surface area contributed by atoms with Crippen LogP contribution in [0.2, 0.25) is 0 Å². The zero-order valence-electron chi connectivity index (χ0n) is 7.09. The maximum atomic E-state index is 6.15. The molecule has 0 radical (unpaired) electrons. The third-order valence-electron chi connectivity index (χ3n) is 2.65. The van der Waals surface area contributed by atoms with Gasteiger partial charge in [-0.1, -0.05) is 6.42 Å². The molecule has 2 rings (SSSR count). The Balaban J connectivity index is 2.14. The van der Waals surface area contributed by atoms with Crippen molar-refractivity contribution in [1.29, 1.82) is 0 Å². The number of halogens is 2. The zero-order chi connectivity index (χ0) is 9.42. The van der Waals surface area contributed by atoms with Gasteiger partial charge in [0.25, 0.3) is 0 Å². The molecule has 1 atom stereocenters. The Kier molecular flexibility index (Phi) is 3.13. The largest absolute Gasteiger partial charge is 0.323 e. The Morgan fingerprint density at radius 3 is 2.54 bits per heavy atom. The van der Waals surface area contributed by atoms with Crippen LogP contribution in [0.1, 0.15) is 30.2 Å². The van der Waals surface area contributed by atoms with Crippen molar-refractivity contribution in [3.8, 4) is 0 Å². The Morgan fingerprint density at radius 1 is 1.46 bits per heavy atom. The summed E-state index contributed by atoms with van der Waals surface area (Å²) in [6, 6.07) is 2.39. The van der Waals surface area contributed by atoms with E-state index in [9.17, 15) is 0 Å². The summed E-state index contributed by atoms with van der Waals surface area (Å²) >= 11 is 8.72. The van der Waals surface area contributed by atoms with Gasteiger partial charge in [-0.15, -0.1) is 11.3 Å². The minimum Gasteiger partial charge on any atom is -0.323 e. The maximum absolute atomic E-state index is 6.15. The summed E-state index contributed by atoms with van der Waals surface area (Å²) < 4.78 is 2.28. The summed E-state index contributed by atoms with van der Waals surface area (Å²) in [4.78, 5) is 1.29. The van der Waals surface area contributed by atoms with Crippen molar-refractivity contribution in [2.45, 2.75) is 25.3 Å². The van der Waals surface area contributed by atoms with Crippen molar-refractivity contribution < 1.29 is 0 Å². The molecule has 1 aliphatic rings. The molecule has 0 spiro atoms. The average molecular weight is 325 g/mol. The van der Waals surface area contributed by atoms with Crippen molar-refractivity contribution in [2.24, 2.45) is 11.7 Å². The molecule has 1 nitrogen and oxygen atoms in total. The highest BCUT2D eigenvalue weighted by Crippen LogP contribution is 2.42. The predicted octanol–water partition coefficient (Wildman–Crippen LogP) is 4.07. The van der Waals surface area contributed by atoms with Crippen LogP contribution in [0, 0.1) is 5.92 Å². The molecule has 1 unspecified atom stereocenters. The first-order chi connectivity index (χ1) is 6.18. The minimum atomic E-state index is 0.251. The number of nitrogens with two attached hydrogens (primary N) is 1. The van der Waals surface area contributed by atoms with E-state index < -0.39 is 0 Å². The second-order valence-corrected chi connectivity index (χ2v) is 6.74. The molecular weight excluding hydrogens is 314 g/mol. The molecule has 1 saturated carbocycles. The number of hydrogen-bond acceptors (Lipinski definition) is 2. The molecule has 0 aliphatic heterocycles. The highest BCUT2D eigenvalue weighted by molar-refractivity contribution is 9.13. The van der Waals surface area contributed by atoms with Crippen LogP contribution in [0.3, 0.4) is 0 Å². The lowest BCUT2D eigenvalue weighted by atomic mass is 9.79. The van der Waals surface area contributed by atoms with E-state index >= 15 is 0 Å². The van der Waals surface area contributed by atoms with E-state index in [0.717, 1.165) is 14.2 Å². The fraction of sp³-hybridized carbons (Fsp3) is 0.556. The van der Waals surface area contributed by atoms with Crippen molar-refractivity contribution in [1.82, 2.24) is 0 Å². The first-order valence-electron chi connectivity index (χ1n) is 4.39. The smallest absolute Gasteiger partial charge is 0.0843 e. The summed E-state index contributed by atoms with van der Waals surface area (Å²) in [5.74, 6) is 0.720. The topological polar surface area (TPSA) is 26.0 Å². The van der Waals surface area contributed by atoms with Gasteiger partial charge in [0.2, 0.25) is 0 Å². The van der Waals surface area contributed by atoms with Crippen molar-refractivity contribution in [2.75, 3.05) is 0 Å². The normalized spacial score (nSPS) is 19.9. The minimum absolute atomic E-state index is 0.251. The van der Waals surface area contributed by atoms with Crippen LogP contribution in [0.15, 0.2) is 14.3 Å². The molecule has 1 aromatic rings. The van der Waals surface area contributed by atoms with Gasteiger partial charge in [-0.3, -0.25) is 0 Å². The molecule has 72 valence electrons. The lowest BCUT2D eigenvalue weighted by molar-refractivity contribution is 0.267. The number of thiophene rings is 1. The molecule has 4 heteroatoms. The van der Waals surface area contributed by atoms with Gasteiger partial charge < -0.3 is 5.73 Å². The zero-order valence-corrected chi connectivity index (χ0v) is 11.1. The SMILES string of the molecule is NC(c1cc(Br)c(Br)s1)C1CCC1. The summed E-state index contributed by atoms with van der Waals surface area (Å²) in [5.41, 5.74) is 6.15. The van der Waals surface area contributed by atoms with E-state index in [0.29, 0.717) is 0 Å². The van der Waals surface area contributed by atoms with E-state index in [1.807, 2.05) is 0 Å². The summed E-state index contributed by atoms with van der Waals surface area (Å²) in [7, 11) is 0. The number of hydrogen-bond donors (Lipinski definition) is 1. The summed E-state index contributed by atoms with van der Waals surface area (Å²) in [5, 5.41) is 0. The third kappa shape index (κ3) is 2.01. The molecule has 2 N–H and O–H groups in total. The molecule has 1 aliphatic carbocycles. The fourth-order valence-corrected chi connectivity index (χ4v) is 3.74. The lowest BCUT2D eigenvalue weighted by Crippen LogP contribution is -2.25. The molecule has 0 aromatic carbocycles. The van der Waals surface area contributed by atoms with Gasteiger partial charge in [0, 0.05) is 15.4 Å². The van der Waals surface area contributed by atoms with Gasteiger partial charge in [0.05, 0.1) is 3.79 Å². The summed E-state index contributed by atoms with van der Waals surface area (Å²) in [6.07, 6.45) is 3.95. The van der Waals surface area contributed by atoms with E-state index in [1.165, 1.54) is 24.1 Å². The Labute approximate surface area is 99.0 Å².